The topological polar surface area (TPSA) is 86.8 Å². The molecule has 39 heavy (non-hydrogen) atoms. The fraction of sp³-hybridized carbons (Fsp3) is 0.333. The van der Waals surface area contributed by atoms with Crippen molar-refractivity contribution in [2.24, 2.45) is 0 Å². The van der Waals surface area contributed by atoms with E-state index in [1.54, 1.807) is 0 Å². The Labute approximate surface area is 229 Å². The highest BCUT2D eigenvalue weighted by atomic mass is 32.2. The van der Waals surface area contributed by atoms with Gasteiger partial charge in [-0.1, -0.05) is 79.6 Å². The van der Waals surface area contributed by atoms with Crippen LogP contribution in [0.25, 0.3) is 0 Å². The molecule has 1 fully saturated rings. The number of carbonyl (C=O) groups excluding carboxylic acids is 2. The van der Waals surface area contributed by atoms with Crippen molar-refractivity contribution in [1.82, 2.24) is 10.2 Å². The van der Waals surface area contributed by atoms with Gasteiger partial charge in [-0.15, -0.1) is 0 Å². The quantitative estimate of drug-likeness (QED) is 0.385. The zero-order valence-corrected chi connectivity index (χ0v) is 22.8. The van der Waals surface area contributed by atoms with Crippen LogP contribution < -0.4 is 9.62 Å². The maximum Gasteiger partial charge on any atom is 0.244 e. The minimum absolute atomic E-state index is 0.0422. The summed E-state index contributed by atoms with van der Waals surface area (Å²) < 4.78 is 40.4. The van der Waals surface area contributed by atoms with Gasteiger partial charge in [-0.2, -0.15) is 0 Å². The number of nitrogens with zero attached hydrogens (tertiary/aromatic N) is 2. The molecule has 0 radical (unpaired) electrons. The normalized spacial score (nSPS) is 14.5. The second-order valence-corrected chi connectivity index (χ2v) is 11.9. The van der Waals surface area contributed by atoms with E-state index in [0.29, 0.717) is 0 Å². The minimum Gasteiger partial charge on any atom is -0.352 e. The van der Waals surface area contributed by atoms with Gasteiger partial charge in [-0.25, -0.2) is 12.8 Å². The molecule has 3 aromatic rings. The molecule has 0 spiro atoms. The molecule has 3 aromatic carbocycles. The first kappa shape index (κ1) is 28.3. The van der Waals surface area contributed by atoms with Crippen LogP contribution in [0.15, 0.2) is 84.9 Å². The molecule has 4 rings (SSSR count). The lowest BCUT2D eigenvalue weighted by Gasteiger charge is -2.34. The Bertz CT molecular complexity index is 1360. The van der Waals surface area contributed by atoms with E-state index < -0.39 is 34.3 Å². The van der Waals surface area contributed by atoms with Crippen molar-refractivity contribution in [3.05, 3.63) is 102 Å². The first-order valence-electron chi connectivity index (χ1n) is 13.1. The summed E-state index contributed by atoms with van der Waals surface area (Å²) in [6, 6.07) is 23.0. The average molecular weight is 552 g/mol. The van der Waals surface area contributed by atoms with Crippen LogP contribution in [-0.2, 0) is 32.6 Å². The predicted octanol–water partition coefficient (Wildman–Crippen LogP) is 4.29. The van der Waals surface area contributed by atoms with E-state index in [9.17, 15) is 22.4 Å². The Morgan fingerprint density at radius 1 is 0.923 bits per heavy atom. The molecule has 0 aliphatic heterocycles. The number of benzene rings is 3. The molecule has 1 N–H and O–H groups in total. The highest BCUT2D eigenvalue weighted by Gasteiger charge is 2.34. The van der Waals surface area contributed by atoms with Crippen molar-refractivity contribution in [3.8, 4) is 0 Å². The molecule has 1 aliphatic carbocycles. The number of hydrogen-bond donors (Lipinski definition) is 1. The Morgan fingerprint density at radius 2 is 1.54 bits per heavy atom. The third-order valence-electron chi connectivity index (χ3n) is 6.94. The molecular formula is C30H34FN3O4S. The van der Waals surface area contributed by atoms with E-state index in [4.69, 9.17) is 0 Å². The van der Waals surface area contributed by atoms with Gasteiger partial charge in [-0.3, -0.25) is 13.9 Å². The fourth-order valence-electron chi connectivity index (χ4n) is 4.95. The third kappa shape index (κ3) is 7.89. The molecule has 1 saturated carbocycles. The van der Waals surface area contributed by atoms with E-state index >= 15 is 0 Å². The summed E-state index contributed by atoms with van der Waals surface area (Å²) in [7, 11) is -3.94. The molecule has 0 bridgehead atoms. The van der Waals surface area contributed by atoms with Crippen molar-refractivity contribution in [3.63, 3.8) is 0 Å². The monoisotopic (exact) mass is 551 g/mol. The first-order chi connectivity index (χ1) is 18.7. The van der Waals surface area contributed by atoms with E-state index in [0.717, 1.165) is 53.4 Å². The Morgan fingerprint density at radius 3 is 2.13 bits per heavy atom. The molecule has 0 aromatic heterocycles. The van der Waals surface area contributed by atoms with Crippen LogP contribution in [0.1, 0.15) is 36.8 Å². The molecule has 206 valence electrons. The first-order valence-corrected chi connectivity index (χ1v) is 15.0. The van der Waals surface area contributed by atoms with Crippen molar-refractivity contribution < 1.29 is 22.4 Å². The van der Waals surface area contributed by atoms with Gasteiger partial charge < -0.3 is 10.2 Å². The van der Waals surface area contributed by atoms with Crippen molar-refractivity contribution in [2.45, 2.75) is 50.7 Å². The van der Waals surface area contributed by atoms with Crippen LogP contribution in [0.3, 0.4) is 0 Å². The van der Waals surface area contributed by atoms with Crippen molar-refractivity contribution >= 4 is 27.5 Å². The van der Waals surface area contributed by atoms with Crippen LogP contribution >= 0.6 is 0 Å². The molecule has 0 saturated heterocycles. The van der Waals surface area contributed by atoms with E-state index in [1.165, 1.54) is 23.1 Å². The number of carbonyl (C=O) groups is 2. The van der Waals surface area contributed by atoms with Crippen LogP contribution in [0.4, 0.5) is 10.1 Å². The fourth-order valence-corrected chi connectivity index (χ4v) is 5.79. The largest absolute Gasteiger partial charge is 0.352 e. The SMILES string of the molecule is CS(=O)(=O)N(CC(=O)N(Cc1ccccc1)[C@@H](Cc1ccccc1)C(=O)NC1CCCC1)c1cccc(F)c1. The Hall–Kier alpha value is -3.72. The molecule has 2 amide bonds. The molecule has 0 heterocycles. The van der Waals surface area contributed by atoms with Gasteiger partial charge in [0.1, 0.15) is 18.4 Å². The van der Waals surface area contributed by atoms with Gasteiger partial charge in [-0.05, 0) is 42.2 Å². The lowest BCUT2D eigenvalue weighted by molar-refractivity contribution is -0.140. The molecule has 1 aliphatic rings. The van der Waals surface area contributed by atoms with Crippen LogP contribution in [0, 0.1) is 5.82 Å². The summed E-state index contributed by atoms with van der Waals surface area (Å²) in [4.78, 5) is 29.2. The number of anilines is 1. The van der Waals surface area contributed by atoms with Gasteiger partial charge in [0, 0.05) is 19.0 Å². The Balaban J connectivity index is 1.70. The molecule has 9 heteroatoms. The lowest BCUT2D eigenvalue weighted by Crippen LogP contribution is -2.54. The minimum atomic E-state index is -3.94. The van der Waals surface area contributed by atoms with E-state index in [1.807, 2.05) is 60.7 Å². The van der Waals surface area contributed by atoms with Crippen molar-refractivity contribution in [1.29, 1.82) is 0 Å². The van der Waals surface area contributed by atoms with E-state index in [-0.39, 0.29) is 30.6 Å². The second kappa shape index (κ2) is 12.9. The summed E-state index contributed by atoms with van der Waals surface area (Å²) >= 11 is 0. The third-order valence-corrected chi connectivity index (χ3v) is 8.08. The number of halogens is 1. The van der Waals surface area contributed by atoms with Gasteiger partial charge >= 0.3 is 0 Å². The number of amides is 2. The highest BCUT2D eigenvalue weighted by Crippen LogP contribution is 2.22. The number of hydrogen-bond acceptors (Lipinski definition) is 4. The zero-order chi connectivity index (χ0) is 27.8. The summed E-state index contributed by atoms with van der Waals surface area (Å²) in [6.07, 6.45) is 5.09. The van der Waals surface area contributed by atoms with Crippen LogP contribution in [-0.4, -0.2) is 50.0 Å². The van der Waals surface area contributed by atoms with Gasteiger partial charge in [0.05, 0.1) is 11.9 Å². The number of nitrogens with one attached hydrogen (secondary N) is 1. The maximum absolute atomic E-state index is 14.0. The van der Waals surface area contributed by atoms with Gasteiger partial charge in [0.2, 0.25) is 21.8 Å². The average Bonchev–Trinajstić information content (AvgIpc) is 3.42. The summed E-state index contributed by atoms with van der Waals surface area (Å²) in [5.41, 5.74) is 1.72. The smallest absolute Gasteiger partial charge is 0.244 e. The summed E-state index contributed by atoms with van der Waals surface area (Å²) in [5, 5.41) is 3.13. The van der Waals surface area contributed by atoms with E-state index in [2.05, 4.69) is 5.32 Å². The van der Waals surface area contributed by atoms with Gasteiger partial charge in [0.15, 0.2) is 0 Å². The Kier molecular flexibility index (Phi) is 9.35. The summed E-state index contributed by atoms with van der Waals surface area (Å²) in [5.74, 6) is -1.45. The van der Waals surface area contributed by atoms with Gasteiger partial charge in [0.25, 0.3) is 0 Å². The highest BCUT2D eigenvalue weighted by molar-refractivity contribution is 7.92. The maximum atomic E-state index is 14.0. The number of rotatable bonds is 11. The molecule has 0 unspecified atom stereocenters. The molecular weight excluding hydrogens is 517 g/mol. The summed E-state index contributed by atoms with van der Waals surface area (Å²) in [6.45, 7) is -0.465. The zero-order valence-electron chi connectivity index (χ0n) is 22.0. The lowest BCUT2D eigenvalue weighted by atomic mass is 10.0. The standard InChI is InChI=1S/C30H34FN3O4S/c1-39(37,38)34(27-18-10-15-25(31)20-27)22-29(35)33(21-24-13-6-3-7-14-24)28(19-23-11-4-2-5-12-23)30(36)32-26-16-8-9-17-26/h2-7,10-15,18,20,26,28H,8-9,16-17,19,21-22H2,1H3,(H,32,36)/t28-/m0/s1. The van der Waals surface area contributed by atoms with Crippen molar-refractivity contribution in [2.75, 3.05) is 17.1 Å². The molecule has 1 atom stereocenters. The second-order valence-electron chi connectivity index (χ2n) is 9.95. The molecule has 7 nitrogen and oxygen atoms in total. The number of sulfonamides is 1. The van der Waals surface area contributed by atoms with Crippen LogP contribution in [0.2, 0.25) is 0 Å². The predicted molar refractivity (Wildman–Crippen MR) is 150 cm³/mol. The van der Waals surface area contributed by atoms with Crippen LogP contribution in [0.5, 0.6) is 0 Å².